The van der Waals surface area contributed by atoms with Crippen LogP contribution in [0.4, 0.5) is 10.5 Å². The summed E-state index contributed by atoms with van der Waals surface area (Å²) in [5.74, 6) is -1.60. The number of amides is 4. The summed E-state index contributed by atoms with van der Waals surface area (Å²) in [6.07, 6.45) is 2.23. The van der Waals surface area contributed by atoms with Gasteiger partial charge >= 0.3 is 12.0 Å². The molecular formula is C26H22N2O6. The Hall–Kier alpha value is -4.46. The second-order valence-corrected chi connectivity index (χ2v) is 7.94. The minimum absolute atomic E-state index is 0.143. The van der Waals surface area contributed by atoms with E-state index in [2.05, 4.69) is 19.2 Å². The van der Waals surface area contributed by atoms with Crippen LogP contribution in [0.1, 0.15) is 47.9 Å². The molecule has 0 aliphatic carbocycles. The monoisotopic (exact) mass is 458 g/mol. The van der Waals surface area contributed by atoms with Gasteiger partial charge in [-0.1, -0.05) is 38.1 Å². The predicted molar refractivity (Wildman–Crippen MR) is 125 cm³/mol. The van der Waals surface area contributed by atoms with Crippen LogP contribution in [0.3, 0.4) is 0 Å². The van der Waals surface area contributed by atoms with Gasteiger partial charge in [0.2, 0.25) is 0 Å². The summed E-state index contributed by atoms with van der Waals surface area (Å²) < 4.78 is 5.73. The maximum Gasteiger partial charge on any atom is 0.335 e. The second-order valence-electron chi connectivity index (χ2n) is 7.94. The summed E-state index contributed by atoms with van der Waals surface area (Å²) in [5.41, 5.74) is 1.97. The van der Waals surface area contributed by atoms with Crippen LogP contribution in [0.15, 0.2) is 70.7 Å². The molecule has 1 atom stereocenters. The van der Waals surface area contributed by atoms with Crippen molar-refractivity contribution in [3.8, 4) is 11.3 Å². The largest absolute Gasteiger partial charge is 0.478 e. The Morgan fingerprint density at radius 2 is 1.71 bits per heavy atom. The maximum absolute atomic E-state index is 13.1. The van der Waals surface area contributed by atoms with Crippen LogP contribution in [0.5, 0.6) is 0 Å². The topological polar surface area (TPSA) is 117 Å². The van der Waals surface area contributed by atoms with Crippen LogP contribution >= 0.6 is 0 Å². The summed E-state index contributed by atoms with van der Waals surface area (Å²) >= 11 is 0. The smallest absolute Gasteiger partial charge is 0.335 e. The summed E-state index contributed by atoms with van der Waals surface area (Å²) in [5, 5.41) is 11.2. The molecule has 0 spiro atoms. The van der Waals surface area contributed by atoms with Crippen molar-refractivity contribution < 1.29 is 28.7 Å². The van der Waals surface area contributed by atoms with E-state index in [1.165, 1.54) is 18.2 Å². The van der Waals surface area contributed by atoms with E-state index in [1.807, 2.05) is 12.1 Å². The van der Waals surface area contributed by atoms with Crippen molar-refractivity contribution in [3.63, 3.8) is 0 Å². The van der Waals surface area contributed by atoms with E-state index < -0.39 is 23.8 Å². The number of carbonyl (C=O) groups is 4. The number of aromatic carboxylic acids is 1. The van der Waals surface area contributed by atoms with E-state index in [9.17, 15) is 19.2 Å². The lowest BCUT2D eigenvalue weighted by atomic mass is 9.98. The van der Waals surface area contributed by atoms with Gasteiger partial charge in [-0.3, -0.25) is 14.9 Å². The Morgan fingerprint density at radius 3 is 2.32 bits per heavy atom. The number of nitrogens with zero attached hydrogens (tertiary/aromatic N) is 1. The number of carboxylic acid groups (broad SMARTS) is 1. The van der Waals surface area contributed by atoms with E-state index in [0.29, 0.717) is 22.9 Å². The second kappa shape index (κ2) is 9.19. The minimum atomic E-state index is -1.04. The number of furan rings is 1. The van der Waals surface area contributed by atoms with Gasteiger partial charge < -0.3 is 9.52 Å². The molecule has 1 saturated heterocycles. The zero-order valence-corrected chi connectivity index (χ0v) is 18.6. The molecular weight excluding hydrogens is 436 g/mol. The van der Waals surface area contributed by atoms with Gasteiger partial charge in [0, 0.05) is 5.56 Å². The molecule has 0 saturated carbocycles. The molecule has 2 N–H and O–H groups in total. The Bertz CT molecular complexity index is 1300. The molecule has 1 aliphatic rings. The molecule has 2 heterocycles. The normalized spacial score (nSPS) is 16.0. The van der Waals surface area contributed by atoms with Crippen molar-refractivity contribution in [2.75, 3.05) is 4.90 Å². The third kappa shape index (κ3) is 4.38. The molecule has 0 bridgehead atoms. The zero-order valence-electron chi connectivity index (χ0n) is 18.6. The van der Waals surface area contributed by atoms with E-state index in [-0.39, 0.29) is 16.9 Å². The number of nitrogens with one attached hydrogen (secondary N) is 1. The van der Waals surface area contributed by atoms with Crippen LogP contribution in [0, 0.1) is 0 Å². The van der Waals surface area contributed by atoms with Crippen molar-refractivity contribution in [3.05, 3.63) is 83.1 Å². The molecule has 1 aromatic heterocycles. The molecule has 4 amide bonds. The molecule has 34 heavy (non-hydrogen) atoms. The molecule has 2 aromatic carbocycles. The predicted octanol–water partition coefficient (Wildman–Crippen LogP) is 4.82. The summed E-state index contributed by atoms with van der Waals surface area (Å²) in [6, 6.07) is 15.6. The molecule has 1 fully saturated rings. The lowest BCUT2D eigenvalue weighted by Gasteiger charge is -2.26. The van der Waals surface area contributed by atoms with Crippen LogP contribution in [0.25, 0.3) is 17.4 Å². The number of hydrogen-bond acceptors (Lipinski definition) is 5. The van der Waals surface area contributed by atoms with Gasteiger partial charge in [0.05, 0.1) is 11.3 Å². The number of rotatable bonds is 6. The maximum atomic E-state index is 13.1. The number of carbonyl (C=O) groups excluding carboxylic acids is 3. The van der Waals surface area contributed by atoms with Crippen LogP contribution in [0.2, 0.25) is 0 Å². The van der Waals surface area contributed by atoms with Gasteiger partial charge in [0.15, 0.2) is 0 Å². The number of benzene rings is 2. The van der Waals surface area contributed by atoms with E-state index in [1.54, 1.807) is 36.4 Å². The first-order valence-corrected chi connectivity index (χ1v) is 10.7. The number of hydrogen-bond donors (Lipinski definition) is 2. The number of barbiturate groups is 1. The lowest BCUT2D eigenvalue weighted by Crippen LogP contribution is -2.54. The molecule has 8 heteroatoms. The summed E-state index contributed by atoms with van der Waals surface area (Å²) in [6.45, 7) is 4.17. The molecule has 4 rings (SSSR count). The fourth-order valence-corrected chi connectivity index (χ4v) is 3.58. The van der Waals surface area contributed by atoms with Gasteiger partial charge in [-0.05, 0) is 60.4 Å². The fourth-order valence-electron chi connectivity index (χ4n) is 3.58. The summed E-state index contributed by atoms with van der Waals surface area (Å²) in [7, 11) is 0. The van der Waals surface area contributed by atoms with Crippen LogP contribution < -0.4 is 10.2 Å². The Morgan fingerprint density at radius 1 is 1.03 bits per heavy atom. The third-order valence-electron chi connectivity index (χ3n) is 5.76. The fraction of sp³-hybridized carbons (Fsp3) is 0.154. The SMILES string of the molecule is CC[C@H](C)c1ccc(N2C(=O)NC(=O)/C(=C/c3ccc(-c4ccc(C(=O)O)cc4)o3)C2=O)cc1. The Labute approximate surface area is 195 Å². The first-order valence-electron chi connectivity index (χ1n) is 10.7. The molecule has 1 aliphatic heterocycles. The highest BCUT2D eigenvalue weighted by Crippen LogP contribution is 2.27. The summed E-state index contributed by atoms with van der Waals surface area (Å²) in [4.78, 5) is 49.9. The quantitative estimate of drug-likeness (QED) is 0.404. The molecule has 172 valence electrons. The average molecular weight is 458 g/mol. The van der Waals surface area contributed by atoms with Crippen molar-refractivity contribution in [1.29, 1.82) is 0 Å². The van der Waals surface area contributed by atoms with Gasteiger partial charge in [0.1, 0.15) is 17.1 Å². The van der Waals surface area contributed by atoms with Crippen molar-refractivity contribution in [1.82, 2.24) is 5.32 Å². The molecule has 8 nitrogen and oxygen atoms in total. The van der Waals surface area contributed by atoms with E-state index in [0.717, 1.165) is 16.9 Å². The van der Waals surface area contributed by atoms with Gasteiger partial charge in [-0.2, -0.15) is 0 Å². The van der Waals surface area contributed by atoms with Gasteiger partial charge in [-0.25, -0.2) is 14.5 Å². The number of imide groups is 2. The lowest BCUT2D eigenvalue weighted by molar-refractivity contribution is -0.122. The Kier molecular flexibility index (Phi) is 6.14. The van der Waals surface area contributed by atoms with E-state index >= 15 is 0 Å². The van der Waals surface area contributed by atoms with Crippen molar-refractivity contribution >= 4 is 35.6 Å². The zero-order chi connectivity index (χ0) is 24.4. The third-order valence-corrected chi connectivity index (χ3v) is 5.76. The first-order chi connectivity index (χ1) is 16.3. The highest BCUT2D eigenvalue weighted by molar-refractivity contribution is 6.39. The van der Waals surface area contributed by atoms with Crippen LogP contribution in [-0.4, -0.2) is 28.9 Å². The standard InChI is InChI=1S/C26H22N2O6/c1-3-15(2)16-8-10-19(11-9-16)28-24(30)21(23(29)27-26(28)33)14-20-12-13-22(34-20)17-4-6-18(7-5-17)25(31)32/h4-15H,3H2,1-2H3,(H,31,32)(H,27,29,33)/b21-14-/t15-/m0/s1. The molecule has 3 aromatic rings. The number of anilines is 1. The van der Waals surface area contributed by atoms with Gasteiger partial charge in [-0.15, -0.1) is 0 Å². The van der Waals surface area contributed by atoms with E-state index in [4.69, 9.17) is 9.52 Å². The highest BCUT2D eigenvalue weighted by atomic mass is 16.4. The van der Waals surface area contributed by atoms with Gasteiger partial charge in [0.25, 0.3) is 11.8 Å². The number of carboxylic acids is 1. The number of urea groups is 1. The van der Waals surface area contributed by atoms with Crippen LogP contribution in [-0.2, 0) is 9.59 Å². The minimum Gasteiger partial charge on any atom is -0.478 e. The van der Waals surface area contributed by atoms with Crippen molar-refractivity contribution in [2.45, 2.75) is 26.2 Å². The molecule has 0 radical (unpaired) electrons. The highest BCUT2D eigenvalue weighted by Gasteiger charge is 2.37. The van der Waals surface area contributed by atoms with Crippen molar-refractivity contribution in [2.24, 2.45) is 0 Å². The first kappa shape index (κ1) is 22.7. The Balaban J connectivity index is 1.60. The molecule has 0 unspecified atom stereocenters. The average Bonchev–Trinajstić information content (AvgIpc) is 3.30.